The highest BCUT2D eigenvalue weighted by molar-refractivity contribution is 5.81. The Morgan fingerprint density at radius 3 is 3.00 bits per heavy atom. The van der Waals surface area contributed by atoms with Crippen molar-refractivity contribution in [1.29, 1.82) is 5.26 Å². The molecule has 0 spiro atoms. The van der Waals surface area contributed by atoms with Gasteiger partial charge in [0.2, 0.25) is 0 Å². The minimum Gasteiger partial charge on any atom is -0.464 e. The summed E-state index contributed by atoms with van der Waals surface area (Å²) in [5.41, 5.74) is 1.52. The van der Waals surface area contributed by atoms with E-state index in [1.165, 1.54) is 0 Å². The maximum absolute atomic E-state index is 9.26. The largest absolute Gasteiger partial charge is 0.464 e. The number of fused-ring (bicyclic) bond motifs is 1. The molecule has 1 fully saturated rings. The molecule has 0 N–H and O–H groups in total. The highest BCUT2D eigenvalue weighted by Gasteiger charge is 2.41. The Morgan fingerprint density at radius 1 is 1.47 bits per heavy atom. The smallest absolute Gasteiger partial charge is 0.137 e. The molecular formula is C12H10N2O. The normalized spacial score (nSPS) is 18.3. The van der Waals surface area contributed by atoms with E-state index in [0.29, 0.717) is 0 Å². The Morgan fingerprint density at radius 2 is 2.33 bits per heavy atom. The molecule has 0 saturated heterocycles. The van der Waals surface area contributed by atoms with E-state index in [9.17, 15) is 5.26 Å². The SMILES string of the molecule is N#CC1(c2coc3ccncc23)CCC1. The Kier molecular flexibility index (Phi) is 1.60. The number of rotatable bonds is 1. The van der Waals surface area contributed by atoms with Gasteiger partial charge in [-0.1, -0.05) is 0 Å². The monoisotopic (exact) mass is 198 g/mol. The highest BCUT2D eigenvalue weighted by Crippen LogP contribution is 2.45. The molecular weight excluding hydrogens is 188 g/mol. The lowest BCUT2D eigenvalue weighted by atomic mass is 9.65. The summed E-state index contributed by atoms with van der Waals surface area (Å²) in [6.07, 6.45) is 8.20. The van der Waals surface area contributed by atoms with Crippen molar-refractivity contribution in [3.05, 3.63) is 30.3 Å². The topological polar surface area (TPSA) is 49.8 Å². The number of nitriles is 1. The number of furan rings is 1. The van der Waals surface area contributed by atoms with Crippen molar-refractivity contribution in [3.8, 4) is 6.07 Å². The Bertz CT molecular complexity index is 546. The van der Waals surface area contributed by atoms with Gasteiger partial charge in [0.05, 0.1) is 17.7 Å². The van der Waals surface area contributed by atoms with E-state index in [4.69, 9.17) is 4.42 Å². The van der Waals surface area contributed by atoms with Crippen LogP contribution in [0.15, 0.2) is 29.1 Å². The number of hydrogen-bond acceptors (Lipinski definition) is 3. The van der Waals surface area contributed by atoms with Crippen molar-refractivity contribution in [3.63, 3.8) is 0 Å². The van der Waals surface area contributed by atoms with Gasteiger partial charge in [0.15, 0.2) is 0 Å². The van der Waals surface area contributed by atoms with Gasteiger partial charge >= 0.3 is 0 Å². The molecule has 0 bridgehead atoms. The zero-order valence-corrected chi connectivity index (χ0v) is 8.23. The number of aromatic nitrogens is 1. The van der Waals surface area contributed by atoms with Gasteiger partial charge in [0, 0.05) is 23.3 Å². The standard InChI is InChI=1S/C12H10N2O/c13-8-12(3-1-4-12)10-7-15-11-2-5-14-6-9(10)11/h2,5-7H,1,3-4H2. The molecule has 0 aromatic carbocycles. The van der Waals surface area contributed by atoms with Gasteiger partial charge in [-0.15, -0.1) is 0 Å². The quantitative estimate of drug-likeness (QED) is 0.707. The van der Waals surface area contributed by atoms with Crippen molar-refractivity contribution < 1.29 is 4.42 Å². The summed E-state index contributed by atoms with van der Waals surface area (Å²) in [4.78, 5) is 4.08. The maximum Gasteiger partial charge on any atom is 0.137 e. The lowest BCUT2D eigenvalue weighted by Gasteiger charge is -2.34. The molecule has 0 atom stereocenters. The van der Waals surface area contributed by atoms with Gasteiger partial charge in [0.25, 0.3) is 0 Å². The van der Waals surface area contributed by atoms with E-state index in [2.05, 4.69) is 11.1 Å². The van der Waals surface area contributed by atoms with Crippen LogP contribution in [0.1, 0.15) is 24.8 Å². The number of pyridine rings is 1. The first-order valence-electron chi connectivity index (χ1n) is 5.09. The van der Waals surface area contributed by atoms with Crippen LogP contribution in [-0.2, 0) is 5.41 Å². The van der Waals surface area contributed by atoms with Gasteiger partial charge in [-0.3, -0.25) is 4.98 Å². The van der Waals surface area contributed by atoms with Crippen LogP contribution < -0.4 is 0 Å². The third-order valence-electron chi connectivity index (χ3n) is 3.31. The second kappa shape index (κ2) is 2.83. The summed E-state index contributed by atoms with van der Waals surface area (Å²) in [5.74, 6) is 0. The first-order valence-corrected chi connectivity index (χ1v) is 5.09. The highest BCUT2D eigenvalue weighted by atomic mass is 16.3. The summed E-state index contributed by atoms with van der Waals surface area (Å²) in [7, 11) is 0. The summed E-state index contributed by atoms with van der Waals surface area (Å²) in [6, 6.07) is 4.26. The molecule has 0 aliphatic heterocycles. The minimum absolute atomic E-state index is 0.311. The average Bonchev–Trinajstić information content (AvgIpc) is 2.62. The first-order chi connectivity index (χ1) is 7.36. The molecule has 15 heavy (non-hydrogen) atoms. The fraction of sp³-hybridized carbons (Fsp3) is 0.333. The van der Waals surface area contributed by atoms with E-state index >= 15 is 0 Å². The van der Waals surface area contributed by atoms with Crippen LogP contribution in [-0.4, -0.2) is 4.98 Å². The third-order valence-corrected chi connectivity index (χ3v) is 3.31. The lowest BCUT2D eigenvalue weighted by Crippen LogP contribution is -2.31. The lowest BCUT2D eigenvalue weighted by molar-refractivity contribution is 0.323. The molecule has 1 aliphatic carbocycles. The molecule has 3 rings (SSSR count). The van der Waals surface area contributed by atoms with Crippen LogP contribution in [0.5, 0.6) is 0 Å². The maximum atomic E-state index is 9.26. The van der Waals surface area contributed by atoms with Crippen LogP contribution >= 0.6 is 0 Å². The summed E-state index contributed by atoms with van der Waals surface area (Å²) >= 11 is 0. The van der Waals surface area contributed by atoms with Crippen molar-refractivity contribution in [2.24, 2.45) is 0 Å². The van der Waals surface area contributed by atoms with Gasteiger partial charge in [-0.25, -0.2) is 0 Å². The zero-order valence-electron chi connectivity index (χ0n) is 8.23. The number of hydrogen-bond donors (Lipinski definition) is 0. The van der Waals surface area contributed by atoms with E-state index < -0.39 is 0 Å². The average molecular weight is 198 g/mol. The molecule has 2 heterocycles. The van der Waals surface area contributed by atoms with Crippen LogP contribution in [0.3, 0.4) is 0 Å². The van der Waals surface area contributed by atoms with Crippen molar-refractivity contribution in [2.45, 2.75) is 24.7 Å². The molecule has 3 nitrogen and oxygen atoms in total. The van der Waals surface area contributed by atoms with Gasteiger partial charge in [-0.2, -0.15) is 5.26 Å². The molecule has 74 valence electrons. The Labute approximate surface area is 87.3 Å². The predicted octanol–water partition coefficient (Wildman–Crippen LogP) is 2.77. The van der Waals surface area contributed by atoms with Crippen LogP contribution in [0.25, 0.3) is 11.0 Å². The van der Waals surface area contributed by atoms with E-state index in [1.54, 1.807) is 18.7 Å². The van der Waals surface area contributed by atoms with E-state index in [-0.39, 0.29) is 5.41 Å². The molecule has 1 saturated carbocycles. The fourth-order valence-electron chi connectivity index (χ4n) is 2.21. The fourth-order valence-corrected chi connectivity index (χ4v) is 2.21. The summed E-state index contributed by atoms with van der Waals surface area (Å²) < 4.78 is 5.44. The molecule has 0 radical (unpaired) electrons. The molecule has 0 unspecified atom stereocenters. The zero-order chi connectivity index (χ0) is 10.3. The minimum atomic E-state index is -0.311. The first kappa shape index (κ1) is 8.49. The third kappa shape index (κ3) is 1.02. The number of nitrogens with zero attached hydrogens (tertiary/aromatic N) is 2. The second-order valence-electron chi connectivity index (χ2n) is 4.07. The molecule has 2 aromatic heterocycles. The van der Waals surface area contributed by atoms with Gasteiger partial charge in [0.1, 0.15) is 5.58 Å². The molecule has 0 amide bonds. The van der Waals surface area contributed by atoms with E-state index in [1.807, 2.05) is 6.07 Å². The summed E-state index contributed by atoms with van der Waals surface area (Å²) in [5, 5.41) is 10.2. The van der Waals surface area contributed by atoms with Crippen molar-refractivity contribution in [2.75, 3.05) is 0 Å². The predicted molar refractivity (Wildman–Crippen MR) is 55.2 cm³/mol. The van der Waals surface area contributed by atoms with Gasteiger partial charge < -0.3 is 4.42 Å². The Hall–Kier alpha value is -1.82. The Balaban J connectivity index is 2.24. The van der Waals surface area contributed by atoms with Crippen molar-refractivity contribution >= 4 is 11.0 Å². The van der Waals surface area contributed by atoms with Gasteiger partial charge in [-0.05, 0) is 25.3 Å². The molecule has 1 aliphatic rings. The second-order valence-corrected chi connectivity index (χ2v) is 4.07. The molecule has 2 aromatic rings. The van der Waals surface area contributed by atoms with Crippen LogP contribution in [0.2, 0.25) is 0 Å². The van der Waals surface area contributed by atoms with Crippen molar-refractivity contribution in [1.82, 2.24) is 4.98 Å². The summed E-state index contributed by atoms with van der Waals surface area (Å²) in [6.45, 7) is 0. The van der Waals surface area contributed by atoms with E-state index in [0.717, 1.165) is 35.8 Å². The molecule has 3 heteroatoms. The van der Waals surface area contributed by atoms with Crippen LogP contribution in [0.4, 0.5) is 0 Å². The van der Waals surface area contributed by atoms with Crippen LogP contribution in [0, 0.1) is 11.3 Å².